The number of aliphatic hydroxyl groups excluding tert-OH is 8. The van der Waals surface area contributed by atoms with E-state index in [0.29, 0.717) is 35.0 Å². The molecule has 0 radical (unpaired) electrons. The second kappa shape index (κ2) is 16.9. The Labute approximate surface area is 367 Å². The van der Waals surface area contributed by atoms with E-state index in [-0.39, 0.29) is 40.3 Å². The molecule has 8 fully saturated rings. The first-order valence-electron chi connectivity index (χ1n) is 23.9. The van der Waals surface area contributed by atoms with Crippen LogP contribution in [-0.4, -0.2) is 158 Å². The molecule has 15 heteroatoms. The van der Waals surface area contributed by atoms with Gasteiger partial charge >= 0.3 is 0 Å². The van der Waals surface area contributed by atoms with Gasteiger partial charge in [-0.05, 0) is 127 Å². The van der Waals surface area contributed by atoms with Gasteiger partial charge < -0.3 is 74.4 Å². The summed E-state index contributed by atoms with van der Waals surface area (Å²) >= 11 is 0. The van der Waals surface area contributed by atoms with Gasteiger partial charge in [-0.1, -0.05) is 55.4 Å². The first-order valence-corrected chi connectivity index (χ1v) is 23.9. The summed E-state index contributed by atoms with van der Waals surface area (Å²) in [5.74, 6) is 1.82. The summed E-state index contributed by atoms with van der Waals surface area (Å²) in [6.07, 6.45) is -8.71. The Hall–Kier alpha value is -0.600. The predicted octanol–water partition coefficient (Wildman–Crippen LogP) is 2.09. The molecule has 0 bridgehead atoms. The minimum Gasteiger partial charge on any atom is -0.439 e. The number of ether oxygens (including phenoxy) is 6. The Morgan fingerprint density at radius 2 is 1.18 bits per heavy atom. The molecule has 8 rings (SSSR count). The van der Waals surface area contributed by atoms with Crippen molar-refractivity contribution in [3.05, 3.63) is 0 Å². The molecule has 0 aromatic carbocycles. The topological polar surface area (TPSA) is 240 Å². The Kier molecular flexibility index (Phi) is 13.0. The lowest BCUT2D eigenvalue weighted by Gasteiger charge is -2.75. The van der Waals surface area contributed by atoms with Crippen molar-refractivity contribution in [3.63, 3.8) is 0 Å². The van der Waals surface area contributed by atoms with Crippen molar-refractivity contribution in [2.45, 2.75) is 218 Å². The van der Waals surface area contributed by atoms with Gasteiger partial charge in [-0.25, -0.2) is 0 Å². The van der Waals surface area contributed by atoms with Crippen molar-refractivity contribution in [1.29, 1.82) is 0 Å². The lowest BCUT2D eigenvalue weighted by atomic mass is 9.30. The Balaban J connectivity index is 1.06. The lowest BCUT2D eigenvalue weighted by Crippen LogP contribution is -2.68. The Bertz CT molecular complexity index is 1580. The standard InChI is InChI=1S/C47H80O15/c1-23-25(9-10-28-44(23,5)12-11-29-45(28,6)16-18-47(8)30-19-42(2,3)13-14-43(30,4)15-17-46(29,47)7)58-41-38(62-40-36(56)34(54)32(52)26(20-48)59-40)37(33(53)27(21-49)60-41)61-39-35(55)31(51)24(50)22-57-39/h23-41,48-56H,9-22H2,1-8H3/p+1/t23-,24+,25-,26?,27?,28?,29?,30?,31?,32-,33+,34?,35?,36?,37?,38?,39-,40-,41+,43+,44+,45-,46+,47-/m0/s1. The van der Waals surface area contributed by atoms with E-state index in [1.165, 1.54) is 44.9 Å². The molecule has 24 atom stereocenters. The third-order valence-corrected chi connectivity index (χ3v) is 19.9. The van der Waals surface area contributed by atoms with Crippen molar-refractivity contribution in [3.8, 4) is 0 Å². The summed E-state index contributed by atoms with van der Waals surface area (Å²) in [5.41, 5.74) is 1.34. The van der Waals surface area contributed by atoms with Gasteiger partial charge in [0.1, 0.15) is 48.8 Å². The van der Waals surface area contributed by atoms with Crippen LogP contribution in [0, 0.1) is 56.2 Å². The van der Waals surface area contributed by atoms with Crippen LogP contribution in [0.15, 0.2) is 0 Å². The van der Waals surface area contributed by atoms with Crippen LogP contribution in [0.2, 0.25) is 0 Å². The second-order valence-electron chi connectivity index (χ2n) is 23.5. The number of fused-ring (bicyclic) bond motifs is 7. The van der Waals surface area contributed by atoms with E-state index in [9.17, 15) is 40.9 Å². The number of rotatable bonds is 8. The molecular formula is C47H81O15+. The van der Waals surface area contributed by atoms with Crippen molar-refractivity contribution in [2.75, 3.05) is 19.8 Å². The summed E-state index contributed by atoms with van der Waals surface area (Å²) in [6.45, 7) is 18.5. The van der Waals surface area contributed by atoms with Gasteiger partial charge in [0.15, 0.2) is 31.1 Å². The van der Waals surface area contributed by atoms with Crippen molar-refractivity contribution < 1.29 is 74.4 Å². The number of aliphatic hydroxyl groups is 8. The van der Waals surface area contributed by atoms with Crippen LogP contribution in [0.1, 0.15) is 126 Å². The van der Waals surface area contributed by atoms with E-state index in [0.717, 1.165) is 19.3 Å². The molecule has 3 aliphatic heterocycles. The highest BCUT2D eigenvalue weighted by molar-refractivity contribution is 5.20. The first kappa shape index (κ1) is 47.9. The highest BCUT2D eigenvalue weighted by atomic mass is 16.8. The average Bonchev–Trinajstić information content (AvgIpc) is 3.23. The molecule has 0 aromatic heterocycles. The van der Waals surface area contributed by atoms with Gasteiger partial charge in [0, 0.05) is 0 Å². The smallest absolute Gasteiger partial charge is 0.211 e. The highest BCUT2D eigenvalue weighted by Gasteiger charge is 2.71. The van der Waals surface area contributed by atoms with Crippen LogP contribution in [0.25, 0.3) is 0 Å². The third kappa shape index (κ3) is 7.50. The van der Waals surface area contributed by atoms with Gasteiger partial charge in [-0.3, -0.25) is 0 Å². The quantitative estimate of drug-likeness (QED) is 0.129. The van der Waals surface area contributed by atoms with E-state index < -0.39 is 99.2 Å². The molecule has 358 valence electrons. The maximum atomic E-state index is 11.6. The normalized spacial score (nSPS) is 57.7. The molecule has 0 spiro atoms. The van der Waals surface area contributed by atoms with Gasteiger partial charge in [0.2, 0.25) is 6.10 Å². The van der Waals surface area contributed by atoms with Crippen molar-refractivity contribution in [1.82, 2.24) is 0 Å². The van der Waals surface area contributed by atoms with Crippen LogP contribution in [0.5, 0.6) is 0 Å². The van der Waals surface area contributed by atoms with Crippen LogP contribution in [0.4, 0.5) is 0 Å². The predicted molar refractivity (Wildman–Crippen MR) is 224 cm³/mol. The SMILES string of the molecule is C[C@H]1[C@@H](O[C@@H]2OC(CO)[C@@H](O)C(O[C@@H]3OC[C@@H](O)C(O)C3O)C2O[C@@H]2OC(CO)[C@H]([OH2+])C(O)C2O)CCC2[C@]3(C)CC[C@@]4(C)C5CC(C)(C)CC[C@]5(C)CC[C@]4(C)C3CC[C@@]21C. The first-order chi connectivity index (χ1) is 29.0. The van der Waals surface area contributed by atoms with Crippen molar-refractivity contribution >= 4 is 0 Å². The minimum absolute atomic E-state index is 0.0401. The molecule has 3 heterocycles. The molecule has 15 nitrogen and oxygen atoms in total. The van der Waals surface area contributed by atoms with E-state index in [1.807, 2.05) is 0 Å². The maximum absolute atomic E-state index is 11.6. The molecule has 5 saturated carbocycles. The molecule has 0 amide bonds. The Morgan fingerprint density at radius 1 is 0.565 bits per heavy atom. The van der Waals surface area contributed by atoms with Gasteiger partial charge in [-0.2, -0.15) is 0 Å². The summed E-state index contributed by atoms with van der Waals surface area (Å²) in [7, 11) is 0. The van der Waals surface area contributed by atoms with Crippen LogP contribution in [0.3, 0.4) is 0 Å². The minimum atomic E-state index is -1.76. The van der Waals surface area contributed by atoms with E-state index in [2.05, 4.69) is 55.4 Å². The average molecular weight is 886 g/mol. The number of hydrogen-bond acceptors (Lipinski definition) is 14. The zero-order chi connectivity index (χ0) is 45.1. The largest absolute Gasteiger partial charge is 0.439 e. The summed E-state index contributed by atoms with van der Waals surface area (Å²) in [5, 5.41) is 93.8. The fraction of sp³-hybridized carbons (Fsp3) is 1.00. The maximum Gasteiger partial charge on any atom is 0.211 e. The van der Waals surface area contributed by atoms with Crippen LogP contribution in [-0.2, 0) is 28.4 Å². The zero-order valence-electron chi connectivity index (χ0n) is 38.4. The Morgan fingerprint density at radius 3 is 1.87 bits per heavy atom. The molecular weight excluding hydrogens is 805 g/mol. The fourth-order valence-electron chi connectivity index (χ4n) is 15.6. The van der Waals surface area contributed by atoms with Gasteiger partial charge in [0.05, 0.1) is 25.9 Å². The molecule has 3 saturated heterocycles. The van der Waals surface area contributed by atoms with Gasteiger partial charge in [0.25, 0.3) is 0 Å². The molecule has 8 aliphatic rings. The molecule has 62 heavy (non-hydrogen) atoms. The summed E-state index contributed by atoms with van der Waals surface area (Å²) in [6, 6.07) is 0. The molecule has 11 unspecified atom stereocenters. The molecule has 5 aliphatic carbocycles. The summed E-state index contributed by atoms with van der Waals surface area (Å²) in [4.78, 5) is 0. The second-order valence-corrected chi connectivity index (χ2v) is 23.5. The monoisotopic (exact) mass is 886 g/mol. The van der Waals surface area contributed by atoms with Crippen LogP contribution < -0.4 is 0 Å². The zero-order valence-corrected chi connectivity index (χ0v) is 38.4. The van der Waals surface area contributed by atoms with Crippen LogP contribution >= 0.6 is 0 Å². The number of hydrogen-bond donors (Lipinski definition) is 8. The van der Waals surface area contributed by atoms with Crippen molar-refractivity contribution in [2.24, 2.45) is 56.2 Å². The summed E-state index contributed by atoms with van der Waals surface area (Å²) < 4.78 is 37.1. The van der Waals surface area contributed by atoms with E-state index in [4.69, 9.17) is 33.5 Å². The lowest BCUT2D eigenvalue weighted by molar-refractivity contribution is -0.394. The highest BCUT2D eigenvalue weighted by Crippen LogP contribution is 2.78. The van der Waals surface area contributed by atoms with Gasteiger partial charge in [-0.15, -0.1) is 0 Å². The van der Waals surface area contributed by atoms with E-state index >= 15 is 0 Å². The molecule has 0 aromatic rings. The van der Waals surface area contributed by atoms with E-state index in [1.54, 1.807) is 0 Å². The molecule has 10 N–H and O–H groups in total. The fourth-order valence-corrected chi connectivity index (χ4v) is 15.6. The third-order valence-electron chi connectivity index (χ3n) is 19.9.